The summed E-state index contributed by atoms with van der Waals surface area (Å²) in [5.41, 5.74) is 8.11. The van der Waals surface area contributed by atoms with E-state index in [0.29, 0.717) is 24.4 Å². The Morgan fingerprint density at radius 3 is 2.89 bits per heavy atom. The summed E-state index contributed by atoms with van der Waals surface area (Å²) in [6.45, 7) is 0.830. The third kappa shape index (κ3) is 4.58. The molecule has 18 heavy (non-hydrogen) atoms. The van der Waals surface area contributed by atoms with Gasteiger partial charge in [0, 0.05) is 20.8 Å². The average Bonchev–Trinajstić information content (AvgIpc) is 2.63. The van der Waals surface area contributed by atoms with Crippen molar-refractivity contribution in [2.75, 3.05) is 13.1 Å². The zero-order chi connectivity index (χ0) is 13.5. The van der Waals surface area contributed by atoms with E-state index in [1.165, 1.54) is 11.3 Å². The van der Waals surface area contributed by atoms with Gasteiger partial charge in [0.15, 0.2) is 0 Å². The van der Waals surface area contributed by atoms with Crippen LogP contribution in [0.1, 0.15) is 17.3 Å². The van der Waals surface area contributed by atoms with Gasteiger partial charge in [-0.05, 0) is 56.4 Å². The summed E-state index contributed by atoms with van der Waals surface area (Å²) in [6, 6.07) is 1.03. The molecule has 1 atom stereocenters. The Labute approximate surface area is 124 Å². The summed E-state index contributed by atoms with van der Waals surface area (Å²) >= 11 is 8.02. The molecule has 0 saturated carbocycles. The molecule has 1 aromatic rings. The van der Waals surface area contributed by atoms with Crippen LogP contribution in [0.15, 0.2) is 19.4 Å². The van der Waals surface area contributed by atoms with Gasteiger partial charge in [0.25, 0.3) is 0 Å². The van der Waals surface area contributed by atoms with E-state index in [0.717, 1.165) is 8.26 Å². The van der Waals surface area contributed by atoms with E-state index >= 15 is 0 Å². The van der Waals surface area contributed by atoms with Crippen molar-refractivity contribution in [3.05, 3.63) is 29.6 Å². The lowest BCUT2D eigenvalue weighted by atomic mass is 10.2. The first-order valence-corrected chi connectivity index (χ1v) is 7.38. The van der Waals surface area contributed by atoms with E-state index in [2.05, 4.69) is 47.2 Å². The predicted molar refractivity (Wildman–Crippen MR) is 76.7 cm³/mol. The first-order valence-electron chi connectivity index (χ1n) is 4.98. The zero-order valence-corrected chi connectivity index (χ0v) is 13.1. The molecule has 9 heteroatoms. The molecule has 0 radical (unpaired) electrons. The Morgan fingerprint density at radius 2 is 2.39 bits per heavy atom. The SMILES string of the molecule is [N-]=[N+]=NCCCNC(C(=O)O)c1cc(Br)c(Br)s1. The molecule has 0 fully saturated rings. The number of nitrogens with one attached hydrogen (secondary N) is 1. The van der Waals surface area contributed by atoms with Crippen molar-refractivity contribution in [1.29, 1.82) is 0 Å². The number of carboxylic acids is 1. The first kappa shape index (κ1) is 15.5. The highest BCUT2D eigenvalue weighted by molar-refractivity contribution is 9.13. The molecular formula is C9H10Br2N4O2S. The van der Waals surface area contributed by atoms with Crippen LogP contribution in [0.3, 0.4) is 0 Å². The second-order valence-corrected chi connectivity index (χ2v) is 6.56. The van der Waals surface area contributed by atoms with Crippen molar-refractivity contribution in [3.63, 3.8) is 0 Å². The van der Waals surface area contributed by atoms with Gasteiger partial charge in [0.05, 0.1) is 3.79 Å². The lowest BCUT2D eigenvalue weighted by Gasteiger charge is -2.11. The summed E-state index contributed by atoms with van der Waals surface area (Å²) in [4.78, 5) is 14.5. The van der Waals surface area contributed by atoms with Crippen molar-refractivity contribution in [2.24, 2.45) is 5.11 Å². The van der Waals surface area contributed by atoms with Crippen LogP contribution in [0, 0.1) is 0 Å². The summed E-state index contributed by atoms with van der Waals surface area (Å²) < 4.78 is 1.70. The number of azide groups is 1. The Balaban J connectivity index is 2.60. The normalized spacial score (nSPS) is 11.9. The maximum atomic E-state index is 11.2. The first-order chi connectivity index (χ1) is 8.56. The molecule has 0 amide bonds. The number of hydrogen-bond acceptors (Lipinski definition) is 4. The number of nitrogens with zero attached hydrogens (tertiary/aromatic N) is 3. The van der Waals surface area contributed by atoms with Crippen LogP contribution in [-0.2, 0) is 4.79 Å². The number of carbonyl (C=O) groups is 1. The number of thiophene rings is 1. The summed E-state index contributed by atoms with van der Waals surface area (Å²) in [5, 5.41) is 15.5. The standard InChI is InChI=1S/C9H10Br2N4O2S/c10-5-4-6(18-8(5)11)7(9(16)17)13-2-1-3-14-15-12/h4,7,13H,1-3H2,(H,16,17). The smallest absolute Gasteiger partial charge is 0.326 e. The van der Waals surface area contributed by atoms with Crippen LogP contribution in [0.25, 0.3) is 10.4 Å². The van der Waals surface area contributed by atoms with Crippen LogP contribution < -0.4 is 5.32 Å². The van der Waals surface area contributed by atoms with Crippen LogP contribution in [0.5, 0.6) is 0 Å². The Bertz CT molecular complexity index is 454. The fraction of sp³-hybridized carbons (Fsp3) is 0.444. The molecule has 0 saturated heterocycles. The van der Waals surface area contributed by atoms with E-state index in [4.69, 9.17) is 10.6 Å². The van der Waals surface area contributed by atoms with E-state index in [1.807, 2.05) is 0 Å². The molecule has 0 aliphatic carbocycles. The van der Waals surface area contributed by atoms with Gasteiger partial charge in [-0.15, -0.1) is 11.3 Å². The highest BCUT2D eigenvalue weighted by Crippen LogP contribution is 2.35. The monoisotopic (exact) mass is 396 g/mol. The Hall–Kier alpha value is -0.600. The van der Waals surface area contributed by atoms with Crippen molar-refractivity contribution in [3.8, 4) is 0 Å². The van der Waals surface area contributed by atoms with Crippen molar-refractivity contribution >= 4 is 49.2 Å². The van der Waals surface area contributed by atoms with E-state index in [1.54, 1.807) is 6.07 Å². The van der Waals surface area contributed by atoms with E-state index < -0.39 is 12.0 Å². The maximum Gasteiger partial charge on any atom is 0.326 e. The number of hydrogen-bond donors (Lipinski definition) is 2. The Kier molecular flexibility index (Phi) is 6.66. The second-order valence-electron chi connectivity index (χ2n) is 3.30. The number of aliphatic carboxylic acids is 1. The molecule has 0 bridgehead atoms. The van der Waals surface area contributed by atoms with Crippen molar-refractivity contribution in [2.45, 2.75) is 12.5 Å². The third-order valence-corrected chi connectivity index (χ3v) is 5.36. The van der Waals surface area contributed by atoms with E-state index in [-0.39, 0.29) is 0 Å². The van der Waals surface area contributed by atoms with Gasteiger partial charge in [0.1, 0.15) is 6.04 Å². The van der Waals surface area contributed by atoms with Gasteiger partial charge in [-0.3, -0.25) is 4.79 Å². The van der Waals surface area contributed by atoms with Crippen LogP contribution in [0.2, 0.25) is 0 Å². The quantitative estimate of drug-likeness (QED) is 0.317. The number of rotatable bonds is 7. The molecule has 1 rings (SSSR count). The third-order valence-electron chi connectivity index (χ3n) is 2.04. The summed E-state index contributed by atoms with van der Waals surface area (Å²) in [7, 11) is 0. The lowest BCUT2D eigenvalue weighted by molar-refractivity contribution is -0.139. The molecule has 2 N–H and O–H groups in total. The fourth-order valence-electron chi connectivity index (χ4n) is 1.26. The minimum atomic E-state index is -0.931. The minimum absolute atomic E-state index is 0.355. The highest BCUT2D eigenvalue weighted by atomic mass is 79.9. The molecule has 1 unspecified atom stereocenters. The topological polar surface area (TPSA) is 98.1 Å². The molecule has 0 aliphatic heterocycles. The van der Waals surface area contributed by atoms with Gasteiger partial charge in [0.2, 0.25) is 0 Å². The van der Waals surface area contributed by atoms with Crippen LogP contribution >= 0.6 is 43.2 Å². The largest absolute Gasteiger partial charge is 0.480 e. The van der Waals surface area contributed by atoms with Crippen LogP contribution in [-0.4, -0.2) is 24.2 Å². The van der Waals surface area contributed by atoms with Crippen molar-refractivity contribution in [1.82, 2.24) is 5.32 Å². The molecule has 1 heterocycles. The summed E-state index contributed by atoms with van der Waals surface area (Å²) in [5.74, 6) is -0.931. The Morgan fingerprint density at radius 1 is 1.67 bits per heavy atom. The van der Waals surface area contributed by atoms with Crippen molar-refractivity contribution < 1.29 is 9.90 Å². The predicted octanol–water partition coefficient (Wildman–Crippen LogP) is 3.69. The molecule has 0 spiro atoms. The number of carboxylic acid groups (broad SMARTS) is 1. The summed E-state index contributed by atoms with van der Waals surface area (Å²) in [6.07, 6.45) is 0.599. The molecule has 0 aliphatic rings. The molecule has 1 aromatic heterocycles. The second kappa shape index (κ2) is 7.75. The van der Waals surface area contributed by atoms with E-state index in [9.17, 15) is 4.79 Å². The fourth-order valence-corrected chi connectivity index (χ4v) is 3.41. The molecular weight excluding hydrogens is 388 g/mol. The van der Waals surface area contributed by atoms with Gasteiger partial charge in [-0.25, -0.2) is 0 Å². The zero-order valence-electron chi connectivity index (χ0n) is 9.14. The maximum absolute atomic E-state index is 11.2. The highest BCUT2D eigenvalue weighted by Gasteiger charge is 2.21. The molecule has 6 nitrogen and oxygen atoms in total. The van der Waals surface area contributed by atoms with Gasteiger partial charge >= 0.3 is 5.97 Å². The minimum Gasteiger partial charge on any atom is -0.480 e. The number of halogens is 2. The van der Waals surface area contributed by atoms with Gasteiger partial charge in [-0.2, -0.15) is 0 Å². The van der Waals surface area contributed by atoms with Gasteiger partial charge in [-0.1, -0.05) is 5.11 Å². The molecule has 98 valence electrons. The van der Waals surface area contributed by atoms with Gasteiger partial charge < -0.3 is 10.4 Å². The average molecular weight is 398 g/mol. The molecule has 0 aromatic carbocycles. The van der Waals surface area contributed by atoms with Crippen LogP contribution in [0.4, 0.5) is 0 Å². The lowest BCUT2D eigenvalue weighted by Crippen LogP contribution is -2.28.